The summed E-state index contributed by atoms with van der Waals surface area (Å²) in [5.41, 5.74) is 0.513. The van der Waals surface area contributed by atoms with Crippen LogP contribution in [-0.2, 0) is 14.6 Å². The van der Waals surface area contributed by atoms with Crippen LogP contribution in [0.3, 0.4) is 0 Å². The Morgan fingerprint density at radius 3 is 2.82 bits per heavy atom. The molecule has 4 heterocycles. The van der Waals surface area contributed by atoms with E-state index in [1.807, 2.05) is 6.07 Å². The van der Waals surface area contributed by atoms with Crippen LogP contribution >= 0.6 is 24.0 Å². The molecule has 2 aromatic rings. The number of amides is 1. The fraction of sp³-hybridized carbons (Fsp3) is 0.455. The van der Waals surface area contributed by atoms with Crippen molar-refractivity contribution in [1.29, 1.82) is 0 Å². The molecule has 1 atom stereocenters. The molecule has 1 N–H and O–H groups in total. The van der Waals surface area contributed by atoms with Crippen molar-refractivity contribution in [1.82, 2.24) is 14.3 Å². The largest absolute Gasteiger partial charge is 0.369 e. The third-order valence-corrected chi connectivity index (χ3v) is 8.85. The van der Waals surface area contributed by atoms with Crippen molar-refractivity contribution >= 4 is 61.6 Å². The van der Waals surface area contributed by atoms with E-state index in [-0.39, 0.29) is 28.5 Å². The van der Waals surface area contributed by atoms with Crippen LogP contribution in [0.15, 0.2) is 34.1 Å². The number of pyridine rings is 1. The molecule has 0 saturated carbocycles. The molecule has 0 radical (unpaired) electrons. The van der Waals surface area contributed by atoms with Crippen molar-refractivity contribution in [2.24, 2.45) is 0 Å². The molecule has 0 aliphatic carbocycles. The maximum absolute atomic E-state index is 13.3. The Labute approximate surface area is 202 Å². The van der Waals surface area contributed by atoms with Crippen molar-refractivity contribution < 1.29 is 13.2 Å². The molecule has 2 fully saturated rings. The molecular weight excluding hydrogens is 480 g/mol. The number of rotatable bonds is 8. The molecule has 33 heavy (non-hydrogen) atoms. The second kappa shape index (κ2) is 9.94. The molecule has 0 bridgehead atoms. The fourth-order valence-corrected chi connectivity index (χ4v) is 7.11. The van der Waals surface area contributed by atoms with Gasteiger partial charge in [0.2, 0.25) is 0 Å². The van der Waals surface area contributed by atoms with E-state index >= 15 is 0 Å². The number of hydrogen-bond acceptors (Lipinski definition) is 8. The molecule has 4 rings (SSSR count). The van der Waals surface area contributed by atoms with Crippen molar-refractivity contribution in [3.05, 3.63) is 45.2 Å². The van der Waals surface area contributed by atoms with E-state index in [1.54, 1.807) is 18.3 Å². The van der Waals surface area contributed by atoms with Crippen LogP contribution in [0, 0.1) is 0 Å². The minimum absolute atomic E-state index is 0.0514. The molecule has 1 unspecified atom stereocenters. The number of fused-ring (bicyclic) bond motifs is 1. The van der Waals surface area contributed by atoms with E-state index in [4.69, 9.17) is 12.2 Å². The lowest BCUT2D eigenvalue weighted by atomic mass is 10.2. The summed E-state index contributed by atoms with van der Waals surface area (Å²) in [5, 5.41) is 3.27. The number of anilines is 1. The molecule has 2 aromatic heterocycles. The zero-order chi connectivity index (χ0) is 23.6. The molecule has 2 aliphatic heterocycles. The van der Waals surface area contributed by atoms with Gasteiger partial charge in [0.05, 0.1) is 28.0 Å². The highest BCUT2D eigenvalue weighted by Crippen LogP contribution is 2.36. The van der Waals surface area contributed by atoms with Gasteiger partial charge in [-0.15, -0.1) is 0 Å². The van der Waals surface area contributed by atoms with Crippen LogP contribution in [-0.4, -0.2) is 57.0 Å². The molecule has 2 aliphatic rings. The highest BCUT2D eigenvalue weighted by Gasteiger charge is 2.42. The molecule has 2 saturated heterocycles. The number of carbonyl (C=O) groups excluding carboxylic acids is 1. The number of thiocarbonyl (C=S) groups is 1. The summed E-state index contributed by atoms with van der Waals surface area (Å²) in [5.74, 6) is 0.0303. The highest BCUT2D eigenvalue weighted by atomic mass is 32.2. The highest BCUT2D eigenvalue weighted by molar-refractivity contribution is 8.26. The van der Waals surface area contributed by atoms with Gasteiger partial charge in [-0.3, -0.25) is 18.9 Å². The molecule has 1 amide bonds. The van der Waals surface area contributed by atoms with E-state index in [0.717, 1.165) is 37.4 Å². The van der Waals surface area contributed by atoms with Gasteiger partial charge < -0.3 is 5.32 Å². The second-order valence-electron chi connectivity index (χ2n) is 8.20. The topological polar surface area (TPSA) is 101 Å². The van der Waals surface area contributed by atoms with E-state index in [2.05, 4.69) is 17.2 Å². The summed E-state index contributed by atoms with van der Waals surface area (Å²) in [6.07, 6.45) is 7.84. The normalized spacial score (nSPS) is 21.4. The van der Waals surface area contributed by atoms with Gasteiger partial charge in [-0.05, 0) is 31.1 Å². The summed E-state index contributed by atoms with van der Waals surface area (Å²) in [6, 6.07) is 4.86. The second-order valence-corrected chi connectivity index (χ2v) is 12.1. The average molecular weight is 507 g/mol. The number of hydrogen-bond donors (Lipinski definition) is 1. The van der Waals surface area contributed by atoms with Crippen LogP contribution in [0.2, 0.25) is 0 Å². The van der Waals surface area contributed by atoms with Crippen molar-refractivity contribution in [3.63, 3.8) is 0 Å². The number of unbranched alkanes of at least 4 members (excludes halogenated alkanes) is 3. The van der Waals surface area contributed by atoms with Crippen LogP contribution < -0.4 is 10.9 Å². The Morgan fingerprint density at radius 1 is 1.27 bits per heavy atom. The molecule has 8 nitrogen and oxygen atoms in total. The zero-order valence-corrected chi connectivity index (χ0v) is 20.8. The van der Waals surface area contributed by atoms with Crippen LogP contribution in [0.5, 0.6) is 0 Å². The van der Waals surface area contributed by atoms with Crippen molar-refractivity contribution in [2.45, 2.75) is 45.1 Å². The van der Waals surface area contributed by atoms with Gasteiger partial charge in [0.15, 0.2) is 9.84 Å². The minimum atomic E-state index is -3.17. The predicted octanol–water partition coefficient (Wildman–Crippen LogP) is 3.08. The first-order valence-electron chi connectivity index (χ1n) is 11.0. The summed E-state index contributed by atoms with van der Waals surface area (Å²) >= 11 is 6.49. The Kier molecular flexibility index (Phi) is 7.20. The van der Waals surface area contributed by atoms with E-state index < -0.39 is 15.9 Å². The Balaban J connectivity index is 1.67. The zero-order valence-electron chi connectivity index (χ0n) is 18.3. The molecule has 11 heteroatoms. The number of aromatic nitrogens is 2. The summed E-state index contributed by atoms with van der Waals surface area (Å²) in [4.78, 5) is 32.7. The van der Waals surface area contributed by atoms with Gasteiger partial charge in [0.1, 0.15) is 15.8 Å². The first-order chi connectivity index (χ1) is 15.8. The average Bonchev–Trinajstić information content (AvgIpc) is 3.27. The smallest absolute Gasteiger partial charge is 0.267 e. The van der Waals surface area contributed by atoms with Gasteiger partial charge in [-0.2, -0.15) is 0 Å². The lowest BCUT2D eigenvalue weighted by molar-refractivity contribution is -0.123. The Bertz CT molecular complexity index is 1290. The van der Waals surface area contributed by atoms with Gasteiger partial charge in [-0.25, -0.2) is 13.4 Å². The number of thioether (sulfide) groups is 1. The Hall–Kier alpha value is -2.24. The van der Waals surface area contributed by atoms with Gasteiger partial charge in [-0.1, -0.05) is 56.2 Å². The lowest BCUT2D eigenvalue weighted by Crippen LogP contribution is -2.39. The van der Waals surface area contributed by atoms with E-state index in [0.29, 0.717) is 33.7 Å². The van der Waals surface area contributed by atoms with Crippen LogP contribution in [0.25, 0.3) is 11.7 Å². The lowest BCUT2D eigenvalue weighted by Gasteiger charge is -2.20. The quantitative estimate of drug-likeness (QED) is 0.331. The standard InChI is InChI=1S/C22H26N4O4S3/c1-2-3-4-6-10-23-19-16(20(27)25-11-7-5-8-18(25)24-19)13-17-21(28)26(22(31)32-17)15-9-12-33(29,30)14-15/h5,7-8,11,13,15,23H,2-4,6,9-10,12,14H2,1H3/b17-13+. The molecule has 0 aromatic carbocycles. The molecule has 0 spiro atoms. The summed E-state index contributed by atoms with van der Waals surface area (Å²) in [6.45, 7) is 2.81. The minimum Gasteiger partial charge on any atom is -0.369 e. The monoisotopic (exact) mass is 506 g/mol. The van der Waals surface area contributed by atoms with Gasteiger partial charge >= 0.3 is 0 Å². The van der Waals surface area contributed by atoms with E-state index in [1.165, 1.54) is 15.4 Å². The Morgan fingerprint density at radius 2 is 2.09 bits per heavy atom. The maximum atomic E-state index is 13.3. The maximum Gasteiger partial charge on any atom is 0.267 e. The fourth-order valence-electron chi connectivity index (χ4n) is 4.03. The number of nitrogens with zero attached hydrogens (tertiary/aromatic N) is 3. The molecular formula is C22H26N4O4S3. The number of carbonyl (C=O) groups is 1. The van der Waals surface area contributed by atoms with Gasteiger partial charge in [0, 0.05) is 12.7 Å². The van der Waals surface area contributed by atoms with Gasteiger partial charge in [0.25, 0.3) is 11.5 Å². The third-order valence-electron chi connectivity index (χ3n) is 5.76. The first-order valence-corrected chi connectivity index (χ1v) is 14.1. The number of nitrogens with one attached hydrogen (secondary N) is 1. The van der Waals surface area contributed by atoms with Crippen LogP contribution in [0.4, 0.5) is 5.82 Å². The summed E-state index contributed by atoms with van der Waals surface area (Å²) in [7, 11) is -3.17. The third kappa shape index (κ3) is 5.15. The first kappa shape index (κ1) is 23.9. The van der Waals surface area contributed by atoms with Crippen molar-refractivity contribution in [3.8, 4) is 0 Å². The SMILES string of the molecule is CCCCCCNc1nc2ccccn2c(=O)c1/C=C1/SC(=S)N(C2CCS(=O)(=O)C2)C1=O. The van der Waals surface area contributed by atoms with Crippen molar-refractivity contribution in [2.75, 3.05) is 23.4 Å². The van der Waals surface area contributed by atoms with E-state index in [9.17, 15) is 18.0 Å². The summed E-state index contributed by atoms with van der Waals surface area (Å²) < 4.78 is 25.6. The predicted molar refractivity (Wildman–Crippen MR) is 136 cm³/mol. The molecule has 176 valence electrons. The van der Waals surface area contributed by atoms with Crippen LogP contribution in [0.1, 0.15) is 44.6 Å². The number of sulfone groups is 1.